The Morgan fingerprint density at radius 1 is 1.28 bits per heavy atom. The molecule has 1 saturated carbocycles. The van der Waals surface area contributed by atoms with E-state index in [2.05, 4.69) is 29.4 Å². The molecule has 0 amide bonds. The Kier molecular flexibility index (Phi) is 4.34. The van der Waals surface area contributed by atoms with Crippen LogP contribution in [0, 0.1) is 0 Å². The van der Waals surface area contributed by atoms with Crippen LogP contribution in [0.25, 0.3) is 0 Å². The smallest absolute Gasteiger partial charge is 0.344 e. The number of carbonyl (C=O) groups is 1. The molecule has 1 aliphatic rings. The normalized spacial score (nSPS) is 19.3. The van der Waals surface area contributed by atoms with Crippen molar-refractivity contribution >= 4 is 11.7 Å². The molecule has 0 heterocycles. The molecule has 0 radical (unpaired) electrons. The van der Waals surface area contributed by atoms with E-state index in [1.54, 1.807) is 0 Å². The number of hydrogen-bond acceptors (Lipinski definition) is 3. The highest BCUT2D eigenvalue weighted by Gasteiger charge is 2.19. The predicted octanol–water partition coefficient (Wildman–Crippen LogP) is 2.80. The molecule has 1 aromatic rings. The lowest BCUT2D eigenvalue weighted by atomic mass is 9.83. The molecule has 1 aliphatic carbocycles. The van der Waals surface area contributed by atoms with Crippen LogP contribution in [0.1, 0.15) is 37.2 Å². The van der Waals surface area contributed by atoms with Gasteiger partial charge in [0.15, 0.2) is 0 Å². The quantitative estimate of drug-likeness (QED) is 0.832. The maximum Gasteiger partial charge on any atom is 0.344 e. The summed E-state index contributed by atoms with van der Waals surface area (Å²) in [5.41, 5.74) is 2.35. The number of hydrogen-bond donors (Lipinski definition) is 1. The van der Waals surface area contributed by atoms with E-state index in [1.165, 1.54) is 5.56 Å². The number of nitrogens with zero attached hydrogens (tertiary/aromatic N) is 1. The lowest BCUT2D eigenvalue weighted by Crippen LogP contribution is -2.14. The van der Waals surface area contributed by atoms with Crippen LogP contribution in [0.15, 0.2) is 35.5 Å². The van der Waals surface area contributed by atoms with Gasteiger partial charge in [-0.3, -0.25) is 0 Å². The lowest BCUT2D eigenvalue weighted by Gasteiger charge is -2.22. The molecule has 0 bridgehead atoms. The summed E-state index contributed by atoms with van der Waals surface area (Å²) in [4.78, 5) is 15.0. The van der Waals surface area contributed by atoms with Crippen LogP contribution in [0.2, 0.25) is 0 Å². The van der Waals surface area contributed by atoms with Gasteiger partial charge in [-0.15, -0.1) is 0 Å². The fraction of sp³-hybridized carbons (Fsp3) is 0.429. The molecule has 96 valence electrons. The second kappa shape index (κ2) is 6.19. The third kappa shape index (κ3) is 3.58. The minimum Gasteiger partial charge on any atom is -0.479 e. The van der Waals surface area contributed by atoms with Crippen molar-refractivity contribution in [1.82, 2.24) is 0 Å². The number of rotatable bonds is 4. The molecule has 2 rings (SSSR count). The highest BCUT2D eigenvalue weighted by Crippen LogP contribution is 2.31. The van der Waals surface area contributed by atoms with Gasteiger partial charge in [-0.25, -0.2) is 4.79 Å². The Morgan fingerprint density at radius 3 is 2.56 bits per heavy atom. The van der Waals surface area contributed by atoms with Gasteiger partial charge in [0.2, 0.25) is 6.61 Å². The molecule has 0 spiro atoms. The maximum absolute atomic E-state index is 10.3. The topological polar surface area (TPSA) is 58.9 Å². The molecular weight excluding hydrogens is 230 g/mol. The molecule has 0 unspecified atom stereocenters. The zero-order valence-corrected chi connectivity index (χ0v) is 10.2. The summed E-state index contributed by atoms with van der Waals surface area (Å²) in [5.74, 6) is -0.401. The Balaban J connectivity index is 1.83. The Labute approximate surface area is 106 Å². The highest BCUT2D eigenvalue weighted by atomic mass is 16.6. The van der Waals surface area contributed by atoms with E-state index < -0.39 is 5.97 Å². The van der Waals surface area contributed by atoms with Crippen molar-refractivity contribution in [1.29, 1.82) is 0 Å². The van der Waals surface area contributed by atoms with Crippen molar-refractivity contribution in [2.24, 2.45) is 5.16 Å². The summed E-state index contributed by atoms with van der Waals surface area (Å²) in [6.07, 6.45) is 3.89. The van der Waals surface area contributed by atoms with Gasteiger partial charge >= 0.3 is 5.97 Å². The van der Waals surface area contributed by atoms with Crippen LogP contribution in [0.4, 0.5) is 0 Å². The SMILES string of the molecule is O=C(O)CON=C1CCC(c2ccccc2)CC1. The van der Waals surface area contributed by atoms with E-state index in [1.807, 2.05) is 6.07 Å². The molecule has 0 saturated heterocycles. The Hall–Kier alpha value is -1.84. The first-order chi connectivity index (χ1) is 8.75. The van der Waals surface area contributed by atoms with Crippen molar-refractivity contribution in [2.45, 2.75) is 31.6 Å². The van der Waals surface area contributed by atoms with E-state index >= 15 is 0 Å². The monoisotopic (exact) mass is 247 g/mol. The summed E-state index contributed by atoms with van der Waals surface area (Å²) in [5, 5.41) is 12.3. The number of aliphatic carboxylic acids is 1. The second-order valence-corrected chi connectivity index (χ2v) is 4.51. The van der Waals surface area contributed by atoms with Gasteiger partial charge in [-0.05, 0) is 37.2 Å². The summed E-state index contributed by atoms with van der Waals surface area (Å²) >= 11 is 0. The fourth-order valence-corrected chi connectivity index (χ4v) is 2.28. The molecule has 4 nitrogen and oxygen atoms in total. The van der Waals surface area contributed by atoms with Gasteiger partial charge in [0.25, 0.3) is 0 Å². The summed E-state index contributed by atoms with van der Waals surface area (Å²) in [6.45, 7) is -0.356. The standard InChI is InChI=1S/C14H17NO3/c16-14(17)10-18-15-13-8-6-12(7-9-13)11-4-2-1-3-5-11/h1-5,12H,6-10H2,(H,16,17). The predicted molar refractivity (Wildman–Crippen MR) is 68.7 cm³/mol. The van der Waals surface area contributed by atoms with E-state index in [4.69, 9.17) is 9.94 Å². The van der Waals surface area contributed by atoms with Gasteiger partial charge in [-0.2, -0.15) is 0 Å². The largest absolute Gasteiger partial charge is 0.479 e. The van der Waals surface area contributed by atoms with Crippen LogP contribution in [-0.4, -0.2) is 23.4 Å². The fourth-order valence-electron chi connectivity index (χ4n) is 2.28. The van der Waals surface area contributed by atoms with Gasteiger partial charge < -0.3 is 9.94 Å². The third-order valence-electron chi connectivity index (χ3n) is 3.22. The number of carboxylic acid groups (broad SMARTS) is 1. The van der Waals surface area contributed by atoms with Crippen molar-refractivity contribution < 1.29 is 14.7 Å². The Bertz CT molecular complexity index is 418. The number of carboxylic acids is 1. The first kappa shape index (κ1) is 12.6. The first-order valence-electron chi connectivity index (χ1n) is 6.20. The van der Waals surface area contributed by atoms with Gasteiger partial charge in [0, 0.05) is 0 Å². The van der Waals surface area contributed by atoms with Crippen molar-refractivity contribution in [2.75, 3.05) is 6.61 Å². The molecule has 18 heavy (non-hydrogen) atoms. The molecule has 0 atom stereocenters. The average molecular weight is 247 g/mol. The van der Waals surface area contributed by atoms with Crippen LogP contribution in [0.3, 0.4) is 0 Å². The van der Waals surface area contributed by atoms with Crippen molar-refractivity contribution in [3.05, 3.63) is 35.9 Å². The van der Waals surface area contributed by atoms with Crippen molar-refractivity contribution in [3.8, 4) is 0 Å². The molecule has 1 aromatic carbocycles. The molecule has 0 aromatic heterocycles. The van der Waals surface area contributed by atoms with E-state index in [0.29, 0.717) is 5.92 Å². The summed E-state index contributed by atoms with van der Waals surface area (Å²) < 4.78 is 0. The molecule has 0 aliphatic heterocycles. The van der Waals surface area contributed by atoms with Crippen LogP contribution in [-0.2, 0) is 9.63 Å². The second-order valence-electron chi connectivity index (χ2n) is 4.51. The molecule has 4 heteroatoms. The molecule has 1 N–H and O–H groups in total. The highest BCUT2D eigenvalue weighted by molar-refractivity contribution is 5.84. The average Bonchev–Trinajstić information content (AvgIpc) is 2.40. The zero-order chi connectivity index (χ0) is 12.8. The summed E-state index contributed by atoms with van der Waals surface area (Å²) in [7, 11) is 0. The third-order valence-corrected chi connectivity index (χ3v) is 3.22. The first-order valence-corrected chi connectivity index (χ1v) is 6.20. The summed E-state index contributed by atoms with van der Waals surface area (Å²) in [6, 6.07) is 10.5. The minimum atomic E-state index is -0.989. The Morgan fingerprint density at radius 2 is 1.94 bits per heavy atom. The zero-order valence-electron chi connectivity index (χ0n) is 10.2. The molecule has 1 fully saturated rings. The molecular formula is C14H17NO3. The number of oxime groups is 1. The van der Waals surface area contributed by atoms with Gasteiger partial charge in [-0.1, -0.05) is 35.5 Å². The van der Waals surface area contributed by atoms with Gasteiger partial charge in [0.1, 0.15) is 0 Å². The van der Waals surface area contributed by atoms with E-state index in [-0.39, 0.29) is 6.61 Å². The van der Waals surface area contributed by atoms with Gasteiger partial charge in [0.05, 0.1) is 5.71 Å². The van der Waals surface area contributed by atoms with Crippen LogP contribution >= 0.6 is 0 Å². The maximum atomic E-state index is 10.3. The number of benzene rings is 1. The van der Waals surface area contributed by atoms with Crippen molar-refractivity contribution in [3.63, 3.8) is 0 Å². The van der Waals surface area contributed by atoms with E-state index in [9.17, 15) is 4.79 Å². The van der Waals surface area contributed by atoms with E-state index in [0.717, 1.165) is 31.4 Å². The van der Waals surface area contributed by atoms with Crippen LogP contribution in [0.5, 0.6) is 0 Å². The van der Waals surface area contributed by atoms with Crippen LogP contribution < -0.4 is 0 Å². The lowest BCUT2D eigenvalue weighted by molar-refractivity contribution is -0.142. The minimum absolute atomic E-state index is 0.356.